The molecule has 0 unspecified atom stereocenters. The molecule has 1 rings (SSSR count). The van der Waals surface area contributed by atoms with E-state index in [-0.39, 0.29) is 0 Å². The van der Waals surface area contributed by atoms with Gasteiger partial charge in [0.2, 0.25) is 0 Å². The molecule has 11 heavy (non-hydrogen) atoms. The highest BCUT2D eigenvalue weighted by atomic mass is 16.5. The second-order valence-corrected chi connectivity index (χ2v) is 1.92. The minimum atomic E-state index is -0.430. The lowest BCUT2D eigenvalue weighted by Gasteiger charge is -2.08. The van der Waals surface area contributed by atoms with Crippen LogP contribution in [0.2, 0.25) is 0 Å². The molecule has 0 saturated heterocycles. The summed E-state index contributed by atoms with van der Waals surface area (Å²) in [5.41, 5.74) is 3.69. The van der Waals surface area contributed by atoms with Crippen molar-refractivity contribution in [1.82, 2.24) is 11.0 Å². The first-order valence-corrected chi connectivity index (χ1v) is 3.07. The average molecular weight is 151 g/mol. The van der Waals surface area contributed by atoms with Gasteiger partial charge in [-0.15, -0.1) is 0 Å². The maximum Gasteiger partial charge on any atom is 0.264 e. The summed E-state index contributed by atoms with van der Waals surface area (Å²) in [6.45, 7) is 0. The van der Waals surface area contributed by atoms with Gasteiger partial charge >= 0.3 is 0 Å². The van der Waals surface area contributed by atoms with E-state index in [1.165, 1.54) is 5.59 Å². The van der Waals surface area contributed by atoms with E-state index in [9.17, 15) is 10.0 Å². The molecular weight excluding hydrogens is 144 g/mol. The molecule has 1 aromatic rings. The monoisotopic (exact) mass is 151 g/mol. The number of hydrazine groups is 1. The third kappa shape index (κ3) is 2.03. The van der Waals surface area contributed by atoms with Gasteiger partial charge in [-0.3, -0.25) is 10.2 Å². The van der Waals surface area contributed by atoms with Crippen molar-refractivity contribution in [2.45, 2.75) is 0 Å². The number of hydrogen-bond acceptors (Lipinski definition) is 3. The first kappa shape index (κ1) is 7.71. The Kier molecular flexibility index (Phi) is 2.59. The zero-order chi connectivity index (χ0) is 8.10. The maximum absolute atomic E-state index is 10.9. The van der Waals surface area contributed by atoms with Gasteiger partial charge in [0.15, 0.2) is 0 Å². The summed E-state index contributed by atoms with van der Waals surface area (Å²) >= 11 is 0. The largest absolute Gasteiger partial charge is 0.770 e. The molecule has 0 aliphatic rings. The standard InChI is InChI=1S/C7H7N2O2/c10-7(8-9-11)6-4-2-1-3-5-6/h1-5,9H,(H,8,10)/q-1. The Morgan fingerprint density at radius 3 is 2.45 bits per heavy atom. The molecule has 1 aromatic carbocycles. The fourth-order valence-corrected chi connectivity index (χ4v) is 0.708. The van der Waals surface area contributed by atoms with Crippen molar-refractivity contribution in [2.24, 2.45) is 0 Å². The number of carbonyl (C=O) groups is 1. The number of carbonyl (C=O) groups excluding carboxylic acids is 1. The molecule has 0 aliphatic carbocycles. The Hall–Kier alpha value is -1.39. The molecule has 0 aliphatic heterocycles. The van der Waals surface area contributed by atoms with Crippen molar-refractivity contribution in [3.63, 3.8) is 0 Å². The molecule has 58 valence electrons. The first-order valence-electron chi connectivity index (χ1n) is 3.07. The number of nitrogens with one attached hydrogen (secondary N) is 2. The van der Waals surface area contributed by atoms with Gasteiger partial charge in [0.05, 0.1) is 0 Å². The highest BCUT2D eigenvalue weighted by Gasteiger charge is 1.99. The van der Waals surface area contributed by atoms with Crippen molar-refractivity contribution in [3.8, 4) is 0 Å². The molecule has 0 radical (unpaired) electrons. The Labute approximate surface area is 63.8 Å². The van der Waals surface area contributed by atoms with Crippen LogP contribution in [0.5, 0.6) is 0 Å². The molecule has 0 bridgehead atoms. The SMILES string of the molecule is O=C(NN[O-])c1ccccc1. The Balaban J connectivity index is 2.69. The van der Waals surface area contributed by atoms with Crippen LogP contribution in [0.1, 0.15) is 10.4 Å². The van der Waals surface area contributed by atoms with Crippen LogP contribution < -0.4 is 11.0 Å². The number of rotatable bonds is 2. The lowest BCUT2D eigenvalue weighted by molar-refractivity contribution is 0.0941. The zero-order valence-electron chi connectivity index (χ0n) is 5.70. The number of amides is 1. The molecule has 0 spiro atoms. The van der Waals surface area contributed by atoms with Gasteiger partial charge in [-0.05, 0) is 12.1 Å². The van der Waals surface area contributed by atoms with E-state index in [2.05, 4.69) is 0 Å². The van der Waals surface area contributed by atoms with Crippen LogP contribution in [0.25, 0.3) is 0 Å². The molecule has 0 heterocycles. The van der Waals surface area contributed by atoms with E-state index >= 15 is 0 Å². The minimum absolute atomic E-state index is 0.430. The molecule has 1 amide bonds. The molecule has 0 aromatic heterocycles. The van der Waals surface area contributed by atoms with Gasteiger partial charge in [0, 0.05) is 5.56 Å². The van der Waals surface area contributed by atoms with Crippen LogP contribution >= 0.6 is 0 Å². The second kappa shape index (κ2) is 3.70. The van der Waals surface area contributed by atoms with Gasteiger partial charge in [0.25, 0.3) is 5.91 Å². The minimum Gasteiger partial charge on any atom is -0.770 e. The average Bonchev–Trinajstić information content (AvgIpc) is 2.07. The van der Waals surface area contributed by atoms with Gasteiger partial charge in [-0.2, -0.15) is 0 Å². The van der Waals surface area contributed by atoms with E-state index in [1.807, 2.05) is 5.43 Å². The zero-order valence-corrected chi connectivity index (χ0v) is 5.70. The molecule has 4 heteroatoms. The van der Waals surface area contributed by atoms with E-state index in [4.69, 9.17) is 0 Å². The molecular formula is C7H7N2O2-. The van der Waals surface area contributed by atoms with Gasteiger partial charge in [0.1, 0.15) is 0 Å². The lowest BCUT2D eigenvalue weighted by Crippen LogP contribution is -2.32. The van der Waals surface area contributed by atoms with Crippen LogP contribution in [0.15, 0.2) is 30.3 Å². The van der Waals surface area contributed by atoms with Gasteiger partial charge in [-0.25, -0.2) is 0 Å². The summed E-state index contributed by atoms with van der Waals surface area (Å²) in [5, 5.41) is 9.73. The smallest absolute Gasteiger partial charge is 0.264 e. The predicted molar refractivity (Wildman–Crippen MR) is 40.4 cm³/mol. The first-order chi connectivity index (χ1) is 5.34. The Morgan fingerprint density at radius 2 is 1.91 bits per heavy atom. The highest BCUT2D eigenvalue weighted by molar-refractivity contribution is 5.93. The van der Waals surface area contributed by atoms with E-state index in [0.717, 1.165) is 0 Å². The normalized spacial score (nSPS) is 9.18. The van der Waals surface area contributed by atoms with Crippen LogP contribution in [-0.2, 0) is 0 Å². The highest BCUT2D eigenvalue weighted by Crippen LogP contribution is 1.96. The summed E-state index contributed by atoms with van der Waals surface area (Å²) in [5.74, 6) is -0.430. The summed E-state index contributed by atoms with van der Waals surface area (Å²) in [6.07, 6.45) is 0. The van der Waals surface area contributed by atoms with Crippen molar-refractivity contribution in [2.75, 3.05) is 0 Å². The Bertz CT molecular complexity index is 235. The van der Waals surface area contributed by atoms with E-state index in [0.29, 0.717) is 5.56 Å². The topological polar surface area (TPSA) is 64.2 Å². The quantitative estimate of drug-likeness (QED) is 0.602. The summed E-state index contributed by atoms with van der Waals surface area (Å²) in [4.78, 5) is 10.9. The van der Waals surface area contributed by atoms with Crippen LogP contribution in [0.3, 0.4) is 0 Å². The van der Waals surface area contributed by atoms with Crippen LogP contribution in [0, 0.1) is 5.21 Å². The van der Waals surface area contributed by atoms with E-state index in [1.54, 1.807) is 30.3 Å². The third-order valence-electron chi connectivity index (χ3n) is 1.20. The second-order valence-electron chi connectivity index (χ2n) is 1.92. The van der Waals surface area contributed by atoms with Gasteiger partial charge in [-0.1, -0.05) is 18.2 Å². The summed E-state index contributed by atoms with van der Waals surface area (Å²) < 4.78 is 0. The summed E-state index contributed by atoms with van der Waals surface area (Å²) in [6, 6.07) is 8.47. The lowest BCUT2D eigenvalue weighted by atomic mass is 10.2. The number of hydrogen-bond donors (Lipinski definition) is 2. The predicted octanol–water partition coefficient (Wildman–Crippen LogP) is 0.419. The van der Waals surface area contributed by atoms with Crippen molar-refractivity contribution in [1.29, 1.82) is 0 Å². The third-order valence-corrected chi connectivity index (χ3v) is 1.20. The Morgan fingerprint density at radius 1 is 1.27 bits per heavy atom. The molecule has 0 fully saturated rings. The summed E-state index contributed by atoms with van der Waals surface area (Å²) in [7, 11) is 0. The van der Waals surface area contributed by atoms with E-state index < -0.39 is 5.91 Å². The molecule has 4 nitrogen and oxygen atoms in total. The fraction of sp³-hybridized carbons (Fsp3) is 0. The molecule has 2 N–H and O–H groups in total. The van der Waals surface area contributed by atoms with Crippen molar-refractivity contribution in [3.05, 3.63) is 41.1 Å². The maximum atomic E-state index is 10.9. The van der Waals surface area contributed by atoms with Crippen molar-refractivity contribution >= 4 is 5.91 Å². The van der Waals surface area contributed by atoms with Gasteiger partial charge < -0.3 is 10.8 Å². The fourth-order valence-electron chi connectivity index (χ4n) is 0.708. The van der Waals surface area contributed by atoms with Crippen LogP contribution in [-0.4, -0.2) is 5.91 Å². The molecule has 0 saturated carbocycles. The van der Waals surface area contributed by atoms with Crippen LogP contribution in [0.4, 0.5) is 0 Å². The molecule has 0 atom stereocenters. The number of benzene rings is 1. The van der Waals surface area contributed by atoms with Crippen molar-refractivity contribution < 1.29 is 4.79 Å².